The van der Waals surface area contributed by atoms with Crippen LogP contribution < -0.4 is 0 Å². The van der Waals surface area contributed by atoms with E-state index in [0.717, 1.165) is 0 Å². The lowest BCUT2D eigenvalue weighted by Crippen LogP contribution is -2.38. The molecule has 1 fully saturated rings. The van der Waals surface area contributed by atoms with Crippen LogP contribution >= 0.6 is 11.8 Å². The molecule has 0 N–H and O–H groups in total. The zero-order chi connectivity index (χ0) is 10.1. The summed E-state index contributed by atoms with van der Waals surface area (Å²) in [6.07, 6.45) is 2.41. The first-order chi connectivity index (χ1) is 5.96. The molecule has 0 aliphatic carbocycles. The Labute approximate surface area is 82.9 Å². The molecule has 1 heterocycles. The van der Waals surface area contributed by atoms with Crippen molar-refractivity contribution in [2.45, 2.75) is 25.0 Å². The number of nitrogens with zero attached hydrogens (tertiary/aromatic N) is 1. The fraction of sp³-hybridized carbons (Fsp3) is 0.778. The molecule has 3 nitrogen and oxygen atoms in total. The Balaban J connectivity index is 2.56. The second-order valence-corrected chi connectivity index (χ2v) is 5.38. The quantitative estimate of drug-likeness (QED) is 0.637. The van der Waals surface area contributed by atoms with Crippen molar-refractivity contribution in [2.75, 3.05) is 19.3 Å². The van der Waals surface area contributed by atoms with Crippen LogP contribution in [0.15, 0.2) is 0 Å². The van der Waals surface area contributed by atoms with E-state index in [9.17, 15) is 9.59 Å². The van der Waals surface area contributed by atoms with Gasteiger partial charge < -0.3 is 4.90 Å². The SMILES string of the molecule is CSC(C)(C)CN1CCC(=O)C1=O. The minimum Gasteiger partial charge on any atom is -0.334 e. The van der Waals surface area contributed by atoms with Crippen molar-refractivity contribution >= 4 is 23.5 Å². The Bertz CT molecular complexity index is 238. The molecule has 4 heteroatoms. The van der Waals surface area contributed by atoms with Gasteiger partial charge in [0.2, 0.25) is 5.78 Å². The van der Waals surface area contributed by atoms with E-state index in [1.54, 1.807) is 16.7 Å². The average molecular weight is 201 g/mol. The third-order valence-corrected chi connectivity index (χ3v) is 3.49. The monoisotopic (exact) mass is 201 g/mol. The molecule has 0 spiro atoms. The molecule has 0 atom stereocenters. The van der Waals surface area contributed by atoms with E-state index >= 15 is 0 Å². The molecular formula is C9H15NO2S. The average Bonchev–Trinajstić information content (AvgIpc) is 2.36. The van der Waals surface area contributed by atoms with Crippen molar-refractivity contribution in [1.82, 2.24) is 4.90 Å². The second-order valence-electron chi connectivity index (χ2n) is 3.86. The highest BCUT2D eigenvalue weighted by molar-refractivity contribution is 7.99. The van der Waals surface area contributed by atoms with Crippen molar-refractivity contribution in [3.8, 4) is 0 Å². The number of carbonyl (C=O) groups excluding carboxylic acids is 2. The van der Waals surface area contributed by atoms with Crippen molar-refractivity contribution in [2.24, 2.45) is 0 Å². The number of rotatable bonds is 3. The molecule has 0 unspecified atom stereocenters. The van der Waals surface area contributed by atoms with Gasteiger partial charge in [-0.25, -0.2) is 0 Å². The zero-order valence-electron chi connectivity index (χ0n) is 8.29. The van der Waals surface area contributed by atoms with Gasteiger partial charge in [0.25, 0.3) is 5.91 Å². The van der Waals surface area contributed by atoms with Crippen molar-refractivity contribution in [3.05, 3.63) is 0 Å². The van der Waals surface area contributed by atoms with E-state index in [0.29, 0.717) is 19.5 Å². The fourth-order valence-corrected chi connectivity index (χ4v) is 1.58. The van der Waals surface area contributed by atoms with Crippen LogP contribution in [0.25, 0.3) is 0 Å². The number of Topliss-reactive ketones (excluding diaryl/α,β-unsaturated/α-hetero) is 1. The summed E-state index contributed by atoms with van der Waals surface area (Å²) >= 11 is 1.71. The zero-order valence-corrected chi connectivity index (χ0v) is 9.11. The molecule has 1 rings (SSSR count). The van der Waals surface area contributed by atoms with Crippen LogP contribution in [0.1, 0.15) is 20.3 Å². The molecule has 74 valence electrons. The molecule has 0 radical (unpaired) electrons. The first-order valence-electron chi connectivity index (χ1n) is 4.33. The maximum absolute atomic E-state index is 11.3. The summed E-state index contributed by atoms with van der Waals surface area (Å²) in [4.78, 5) is 23.9. The molecule has 13 heavy (non-hydrogen) atoms. The van der Waals surface area contributed by atoms with Gasteiger partial charge >= 0.3 is 0 Å². The van der Waals surface area contributed by atoms with E-state index in [2.05, 4.69) is 13.8 Å². The Morgan fingerprint density at radius 3 is 2.46 bits per heavy atom. The van der Waals surface area contributed by atoms with Crippen LogP contribution in [0.3, 0.4) is 0 Å². The maximum Gasteiger partial charge on any atom is 0.290 e. The molecule has 0 aromatic heterocycles. The fourth-order valence-electron chi connectivity index (χ4n) is 1.30. The summed E-state index contributed by atoms with van der Waals surface area (Å²) in [6, 6.07) is 0. The smallest absolute Gasteiger partial charge is 0.290 e. The molecule has 1 saturated heterocycles. The van der Waals surface area contributed by atoms with Crippen molar-refractivity contribution < 1.29 is 9.59 Å². The maximum atomic E-state index is 11.3. The lowest BCUT2D eigenvalue weighted by atomic mass is 10.2. The molecule has 1 amide bonds. The second kappa shape index (κ2) is 3.70. The summed E-state index contributed by atoms with van der Waals surface area (Å²) in [5, 5.41) is 0. The highest BCUT2D eigenvalue weighted by atomic mass is 32.2. The summed E-state index contributed by atoms with van der Waals surface area (Å²) in [5.74, 6) is -0.543. The highest BCUT2D eigenvalue weighted by Crippen LogP contribution is 2.23. The van der Waals surface area contributed by atoms with E-state index in [1.807, 2.05) is 6.26 Å². The van der Waals surface area contributed by atoms with Gasteiger partial charge in [0.15, 0.2) is 0 Å². The van der Waals surface area contributed by atoms with Gasteiger partial charge in [0, 0.05) is 24.3 Å². The van der Waals surface area contributed by atoms with E-state index in [4.69, 9.17) is 0 Å². The minimum absolute atomic E-state index is 0.0419. The Morgan fingerprint density at radius 2 is 2.08 bits per heavy atom. The Hall–Kier alpha value is -0.510. The van der Waals surface area contributed by atoms with Crippen LogP contribution in [0.4, 0.5) is 0 Å². The van der Waals surface area contributed by atoms with Crippen LogP contribution in [0.5, 0.6) is 0 Å². The predicted octanol–water partition coefficient (Wildman–Crippen LogP) is 0.929. The number of hydrogen-bond donors (Lipinski definition) is 0. The predicted molar refractivity (Wildman–Crippen MR) is 53.8 cm³/mol. The molecular weight excluding hydrogens is 186 g/mol. The third kappa shape index (κ3) is 2.46. The Morgan fingerprint density at radius 1 is 1.46 bits per heavy atom. The number of carbonyl (C=O) groups is 2. The highest BCUT2D eigenvalue weighted by Gasteiger charge is 2.32. The topological polar surface area (TPSA) is 37.4 Å². The lowest BCUT2D eigenvalue weighted by molar-refractivity contribution is -0.140. The molecule has 1 aliphatic heterocycles. The van der Waals surface area contributed by atoms with Gasteiger partial charge in [0.1, 0.15) is 0 Å². The van der Waals surface area contributed by atoms with Crippen molar-refractivity contribution in [1.29, 1.82) is 0 Å². The van der Waals surface area contributed by atoms with Gasteiger partial charge in [0.05, 0.1) is 0 Å². The molecule has 0 aromatic rings. The molecule has 0 bridgehead atoms. The van der Waals surface area contributed by atoms with Gasteiger partial charge in [-0.05, 0) is 20.1 Å². The lowest BCUT2D eigenvalue weighted by Gasteiger charge is -2.27. The summed E-state index contributed by atoms with van der Waals surface area (Å²) in [7, 11) is 0. The summed E-state index contributed by atoms with van der Waals surface area (Å²) < 4.78 is 0.0419. The van der Waals surface area contributed by atoms with Gasteiger partial charge in [-0.1, -0.05) is 0 Å². The number of ketones is 1. The third-order valence-electron chi connectivity index (χ3n) is 2.26. The van der Waals surface area contributed by atoms with Crippen molar-refractivity contribution in [3.63, 3.8) is 0 Å². The molecule has 0 aromatic carbocycles. The van der Waals surface area contributed by atoms with Gasteiger partial charge in [-0.15, -0.1) is 0 Å². The molecule has 1 aliphatic rings. The standard InChI is InChI=1S/C9H15NO2S/c1-9(2,13-3)6-10-5-4-7(11)8(10)12/h4-6H2,1-3H3. The van der Waals surface area contributed by atoms with Crippen LogP contribution in [0.2, 0.25) is 0 Å². The van der Waals surface area contributed by atoms with E-state index in [-0.39, 0.29) is 16.4 Å². The van der Waals surface area contributed by atoms with E-state index in [1.165, 1.54) is 0 Å². The van der Waals surface area contributed by atoms with Gasteiger partial charge in [-0.3, -0.25) is 9.59 Å². The summed E-state index contributed by atoms with van der Waals surface area (Å²) in [5.41, 5.74) is 0. The number of likely N-dealkylation sites (tertiary alicyclic amines) is 1. The molecule has 0 saturated carbocycles. The van der Waals surface area contributed by atoms with Gasteiger partial charge in [-0.2, -0.15) is 11.8 Å². The van der Waals surface area contributed by atoms with Crippen LogP contribution in [-0.4, -0.2) is 40.7 Å². The van der Waals surface area contributed by atoms with Crippen LogP contribution in [-0.2, 0) is 9.59 Å². The number of thioether (sulfide) groups is 1. The minimum atomic E-state index is -0.304. The number of amides is 1. The summed E-state index contributed by atoms with van der Waals surface area (Å²) in [6.45, 7) is 5.42. The first-order valence-corrected chi connectivity index (χ1v) is 5.56. The Kier molecular flexibility index (Phi) is 3.01. The largest absolute Gasteiger partial charge is 0.334 e. The van der Waals surface area contributed by atoms with Crippen LogP contribution in [0, 0.1) is 0 Å². The number of hydrogen-bond acceptors (Lipinski definition) is 3. The normalized spacial score (nSPS) is 18.5. The first kappa shape index (κ1) is 10.6. The van der Waals surface area contributed by atoms with E-state index < -0.39 is 0 Å².